The molecule has 96 valence electrons. The number of hydrogen-bond acceptors (Lipinski definition) is 4. The fourth-order valence-electron chi connectivity index (χ4n) is 1.36. The van der Waals surface area contributed by atoms with Crippen LogP contribution in [0.2, 0.25) is 0 Å². The molecule has 1 aromatic heterocycles. The van der Waals surface area contributed by atoms with E-state index in [-0.39, 0.29) is 5.91 Å². The number of carbonyl (C=O) groups excluding carboxylic acids is 1. The molecule has 0 aliphatic heterocycles. The topological polar surface area (TPSA) is 50.4 Å². The first-order valence-electron chi connectivity index (χ1n) is 5.65. The average Bonchev–Trinajstić information content (AvgIpc) is 2.62. The Morgan fingerprint density at radius 2 is 2.24 bits per heavy atom. The van der Waals surface area contributed by atoms with E-state index in [1.807, 2.05) is 0 Å². The summed E-state index contributed by atoms with van der Waals surface area (Å²) in [6, 6.07) is 2.12. The van der Waals surface area contributed by atoms with Gasteiger partial charge in [0.1, 0.15) is 0 Å². The number of thiophene rings is 1. The first kappa shape index (κ1) is 14.2. The molecule has 0 spiro atoms. The fourth-order valence-corrected chi connectivity index (χ4v) is 2.35. The van der Waals surface area contributed by atoms with Crippen molar-refractivity contribution < 1.29 is 9.53 Å². The van der Waals surface area contributed by atoms with E-state index in [2.05, 4.69) is 30.5 Å². The summed E-state index contributed by atoms with van der Waals surface area (Å²) in [5, 5.41) is 5.89. The van der Waals surface area contributed by atoms with Crippen molar-refractivity contribution in [3.63, 3.8) is 0 Å². The van der Waals surface area contributed by atoms with E-state index in [4.69, 9.17) is 4.74 Å². The predicted molar refractivity (Wildman–Crippen MR) is 70.4 cm³/mol. The zero-order valence-corrected chi connectivity index (χ0v) is 11.4. The predicted octanol–water partition coefficient (Wildman–Crippen LogP) is 1.22. The molecule has 1 rings (SSSR count). The van der Waals surface area contributed by atoms with Gasteiger partial charge in [0.25, 0.3) is 0 Å². The van der Waals surface area contributed by atoms with Crippen molar-refractivity contribution in [2.45, 2.75) is 20.4 Å². The van der Waals surface area contributed by atoms with Gasteiger partial charge in [-0.2, -0.15) is 0 Å². The minimum atomic E-state index is 0.0183. The number of carbonyl (C=O) groups is 1. The van der Waals surface area contributed by atoms with Crippen LogP contribution < -0.4 is 10.6 Å². The fraction of sp³-hybridized carbons (Fsp3) is 0.583. The van der Waals surface area contributed by atoms with Gasteiger partial charge in [0, 0.05) is 23.4 Å². The standard InChI is InChI=1S/C12H20N2O2S/c1-9-6-11(17-10(9)2)7-14-12(15)8-13-4-5-16-3/h6,13H,4-5,7-8H2,1-3H3,(H,14,15). The highest BCUT2D eigenvalue weighted by Gasteiger charge is 2.04. The Labute approximate surface area is 106 Å². The van der Waals surface area contributed by atoms with E-state index in [9.17, 15) is 4.79 Å². The average molecular weight is 256 g/mol. The van der Waals surface area contributed by atoms with Gasteiger partial charge < -0.3 is 15.4 Å². The SMILES string of the molecule is COCCNCC(=O)NCc1cc(C)c(C)s1. The van der Waals surface area contributed by atoms with Gasteiger partial charge in [-0.1, -0.05) is 0 Å². The second-order valence-corrected chi connectivity index (χ2v) is 5.24. The molecule has 4 nitrogen and oxygen atoms in total. The van der Waals surface area contributed by atoms with Gasteiger partial charge in [-0.15, -0.1) is 11.3 Å². The van der Waals surface area contributed by atoms with Crippen molar-refractivity contribution in [1.29, 1.82) is 0 Å². The summed E-state index contributed by atoms with van der Waals surface area (Å²) in [6.45, 7) is 6.45. The quantitative estimate of drug-likeness (QED) is 0.721. The Balaban J connectivity index is 2.19. The van der Waals surface area contributed by atoms with Crippen LogP contribution in [0.1, 0.15) is 15.3 Å². The lowest BCUT2D eigenvalue weighted by Crippen LogP contribution is -2.34. The minimum Gasteiger partial charge on any atom is -0.383 e. The zero-order chi connectivity index (χ0) is 12.7. The molecule has 0 fully saturated rings. The molecule has 17 heavy (non-hydrogen) atoms. The molecule has 1 aromatic rings. The Bertz CT molecular complexity index is 344. The molecular formula is C12H20N2O2S. The molecular weight excluding hydrogens is 236 g/mol. The molecule has 1 amide bonds. The lowest BCUT2D eigenvalue weighted by Gasteiger charge is -2.05. The molecule has 1 heterocycles. The monoisotopic (exact) mass is 256 g/mol. The number of aryl methyl sites for hydroxylation is 2. The molecule has 2 N–H and O–H groups in total. The molecule has 0 radical (unpaired) electrons. The van der Waals surface area contributed by atoms with Gasteiger partial charge in [0.05, 0.1) is 19.7 Å². The number of hydrogen-bond donors (Lipinski definition) is 2. The van der Waals surface area contributed by atoms with Crippen LogP contribution >= 0.6 is 11.3 Å². The van der Waals surface area contributed by atoms with E-state index in [1.54, 1.807) is 18.4 Å². The Morgan fingerprint density at radius 3 is 2.82 bits per heavy atom. The number of rotatable bonds is 7. The minimum absolute atomic E-state index is 0.0183. The van der Waals surface area contributed by atoms with Crippen LogP contribution in [0, 0.1) is 13.8 Å². The highest BCUT2D eigenvalue weighted by atomic mass is 32.1. The normalized spacial score (nSPS) is 10.5. The molecule has 0 saturated carbocycles. The first-order chi connectivity index (χ1) is 8.13. The smallest absolute Gasteiger partial charge is 0.234 e. The number of methoxy groups -OCH3 is 1. The Kier molecular flexibility index (Phi) is 6.18. The van der Waals surface area contributed by atoms with Crippen molar-refractivity contribution in [2.75, 3.05) is 26.8 Å². The molecule has 0 saturated heterocycles. The molecule has 0 aliphatic rings. The largest absolute Gasteiger partial charge is 0.383 e. The summed E-state index contributed by atoms with van der Waals surface area (Å²) in [5.41, 5.74) is 1.29. The summed E-state index contributed by atoms with van der Waals surface area (Å²) in [5.74, 6) is 0.0183. The maximum absolute atomic E-state index is 11.5. The van der Waals surface area contributed by atoms with Crippen molar-refractivity contribution in [3.8, 4) is 0 Å². The van der Waals surface area contributed by atoms with Gasteiger partial charge in [0.15, 0.2) is 0 Å². The summed E-state index contributed by atoms with van der Waals surface area (Å²) in [4.78, 5) is 14.0. The number of ether oxygens (including phenoxy) is 1. The second kappa shape index (κ2) is 7.42. The van der Waals surface area contributed by atoms with Crippen LogP contribution in [-0.4, -0.2) is 32.7 Å². The van der Waals surface area contributed by atoms with Crippen molar-refractivity contribution in [1.82, 2.24) is 10.6 Å². The molecule has 0 aliphatic carbocycles. The van der Waals surface area contributed by atoms with E-state index >= 15 is 0 Å². The molecule has 5 heteroatoms. The van der Waals surface area contributed by atoms with Crippen LogP contribution in [0.4, 0.5) is 0 Å². The molecule has 0 unspecified atom stereocenters. The van der Waals surface area contributed by atoms with Crippen LogP contribution in [0.15, 0.2) is 6.07 Å². The lowest BCUT2D eigenvalue weighted by atomic mass is 10.3. The lowest BCUT2D eigenvalue weighted by molar-refractivity contribution is -0.120. The summed E-state index contributed by atoms with van der Waals surface area (Å²) >= 11 is 1.73. The van der Waals surface area contributed by atoms with E-state index in [1.165, 1.54) is 15.3 Å². The van der Waals surface area contributed by atoms with Gasteiger partial charge in [0.2, 0.25) is 5.91 Å². The summed E-state index contributed by atoms with van der Waals surface area (Å²) in [7, 11) is 1.64. The summed E-state index contributed by atoms with van der Waals surface area (Å²) in [6.07, 6.45) is 0. The van der Waals surface area contributed by atoms with E-state index in [0.717, 1.165) is 0 Å². The van der Waals surface area contributed by atoms with Gasteiger partial charge in [-0.05, 0) is 25.5 Å². The van der Waals surface area contributed by atoms with Gasteiger partial charge >= 0.3 is 0 Å². The Morgan fingerprint density at radius 1 is 1.47 bits per heavy atom. The molecule has 0 atom stereocenters. The van der Waals surface area contributed by atoms with Crippen LogP contribution in [0.5, 0.6) is 0 Å². The first-order valence-corrected chi connectivity index (χ1v) is 6.47. The van der Waals surface area contributed by atoms with Crippen molar-refractivity contribution in [2.24, 2.45) is 0 Å². The number of amides is 1. The van der Waals surface area contributed by atoms with E-state index < -0.39 is 0 Å². The molecule has 0 aromatic carbocycles. The van der Waals surface area contributed by atoms with Crippen LogP contribution in [-0.2, 0) is 16.1 Å². The van der Waals surface area contributed by atoms with Gasteiger partial charge in [-0.3, -0.25) is 4.79 Å². The zero-order valence-electron chi connectivity index (χ0n) is 10.6. The third-order valence-corrected chi connectivity index (χ3v) is 3.60. The van der Waals surface area contributed by atoms with Crippen LogP contribution in [0.3, 0.4) is 0 Å². The Hall–Kier alpha value is -0.910. The van der Waals surface area contributed by atoms with Crippen molar-refractivity contribution in [3.05, 3.63) is 21.4 Å². The highest BCUT2D eigenvalue weighted by Crippen LogP contribution is 2.19. The second-order valence-electron chi connectivity index (χ2n) is 3.90. The summed E-state index contributed by atoms with van der Waals surface area (Å²) < 4.78 is 4.88. The third kappa shape index (κ3) is 5.30. The molecule has 0 bridgehead atoms. The van der Waals surface area contributed by atoms with E-state index in [0.29, 0.717) is 26.2 Å². The maximum Gasteiger partial charge on any atom is 0.234 e. The third-order valence-electron chi connectivity index (χ3n) is 2.45. The maximum atomic E-state index is 11.5. The number of nitrogens with one attached hydrogen (secondary N) is 2. The van der Waals surface area contributed by atoms with Crippen molar-refractivity contribution >= 4 is 17.2 Å². The highest BCUT2D eigenvalue weighted by molar-refractivity contribution is 7.12. The van der Waals surface area contributed by atoms with Crippen LogP contribution in [0.25, 0.3) is 0 Å². The van der Waals surface area contributed by atoms with Gasteiger partial charge in [-0.25, -0.2) is 0 Å².